The van der Waals surface area contributed by atoms with E-state index in [1.54, 1.807) is 19.1 Å². The van der Waals surface area contributed by atoms with Gasteiger partial charge in [0.25, 0.3) is 10.0 Å². The van der Waals surface area contributed by atoms with E-state index in [2.05, 4.69) is 5.32 Å². The largest absolute Gasteiger partial charge is 0.352 e. The van der Waals surface area contributed by atoms with Crippen LogP contribution in [0.2, 0.25) is 10.0 Å². The summed E-state index contributed by atoms with van der Waals surface area (Å²) in [7, 11) is -4.19. The highest BCUT2D eigenvalue weighted by atomic mass is 35.5. The molecule has 10 heteroatoms. The number of rotatable bonds is 11. The van der Waals surface area contributed by atoms with E-state index >= 15 is 0 Å². The molecule has 0 radical (unpaired) electrons. The van der Waals surface area contributed by atoms with Crippen LogP contribution in [0.15, 0.2) is 77.7 Å². The second-order valence-corrected chi connectivity index (χ2v) is 12.1. The van der Waals surface area contributed by atoms with Crippen LogP contribution in [-0.4, -0.2) is 43.8 Å². The van der Waals surface area contributed by atoms with Gasteiger partial charge in [0.2, 0.25) is 11.8 Å². The number of hydrogen-bond acceptors (Lipinski definition) is 4. The first-order chi connectivity index (χ1) is 18.4. The zero-order valence-electron chi connectivity index (χ0n) is 22.4. The molecule has 3 rings (SSSR count). The van der Waals surface area contributed by atoms with Gasteiger partial charge in [-0.15, -0.1) is 0 Å². The predicted octanol–water partition coefficient (Wildman–Crippen LogP) is 5.83. The summed E-state index contributed by atoms with van der Waals surface area (Å²) in [5.41, 5.74) is 1.87. The van der Waals surface area contributed by atoms with Gasteiger partial charge in [-0.3, -0.25) is 13.9 Å². The van der Waals surface area contributed by atoms with Gasteiger partial charge in [-0.1, -0.05) is 78.2 Å². The molecule has 3 aromatic carbocycles. The molecule has 2 amide bonds. The maximum absolute atomic E-state index is 13.9. The van der Waals surface area contributed by atoms with Crippen molar-refractivity contribution in [2.24, 2.45) is 0 Å². The molecule has 1 N–H and O–H groups in total. The lowest BCUT2D eigenvalue weighted by Crippen LogP contribution is -2.52. The minimum Gasteiger partial charge on any atom is -0.352 e. The minimum absolute atomic E-state index is 0.0177. The number of hydrogen-bond donors (Lipinski definition) is 1. The molecule has 2 unspecified atom stereocenters. The zero-order valence-corrected chi connectivity index (χ0v) is 24.7. The molecule has 208 valence electrons. The lowest BCUT2D eigenvalue weighted by Gasteiger charge is -2.32. The highest BCUT2D eigenvalue weighted by Crippen LogP contribution is 2.31. The molecule has 7 nitrogen and oxygen atoms in total. The summed E-state index contributed by atoms with van der Waals surface area (Å²) < 4.78 is 28.7. The van der Waals surface area contributed by atoms with Crippen LogP contribution in [0.5, 0.6) is 0 Å². The number of benzene rings is 3. The SMILES string of the molecule is CCC(C)NC(=O)C(C)N(Cc1ccccc1)C(=O)CN(c1ccc(Cl)c(Cl)c1)S(=O)(=O)c1ccc(C)cc1. The summed E-state index contributed by atoms with van der Waals surface area (Å²) in [6.07, 6.45) is 0.727. The van der Waals surface area contributed by atoms with Crippen LogP contribution in [0.3, 0.4) is 0 Å². The van der Waals surface area contributed by atoms with Gasteiger partial charge in [0, 0.05) is 12.6 Å². The Balaban J connectivity index is 2.04. The quantitative estimate of drug-likeness (QED) is 0.305. The fourth-order valence-electron chi connectivity index (χ4n) is 3.83. The molecule has 0 saturated carbocycles. The highest BCUT2D eigenvalue weighted by Gasteiger charge is 2.33. The van der Waals surface area contributed by atoms with Crippen molar-refractivity contribution in [3.05, 3.63) is 94.0 Å². The third kappa shape index (κ3) is 7.75. The second kappa shape index (κ2) is 13.3. The molecule has 0 spiro atoms. The van der Waals surface area contributed by atoms with Crippen molar-refractivity contribution < 1.29 is 18.0 Å². The van der Waals surface area contributed by atoms with Crippen molar-refractivity contribution in [1.82, 2.24) is 10.2 Å². The number of amides is 2. The van der Waals surface area contributed by atoms with Gasteiger partial charge in [-0.25, -0.2) is 8.42 Å². The average molecular weight is 591 g/mol. The highest BCUT2D eigenvalue weighted by molar-refractivity contribution is 7.92. The Morgan fingerprint density at radius 3 is 2.15 bits per heavy atom. The average Bonchev–Trinajstić information content (AvgIpc) is 2.92. The third-order valence-corrected chi connectivity index (χ3v) is 8.97. The molecule has 0 aliphatic rings. The number of anilines is 1. The zero-order chi connectivity index (χ0) is 28.7. The van der Waals surface area contributed by atoms with Gasteiger partial charge in [0.15, 0.2) is 0 Å². The van der Waals surface area contributed by atoms with Crippen LogP contribution < -0.4 is 9.62 Å². The van der Waals surface area contributed by atoms with Crippen molar-refractivity contribution in [1.29, 1.82) is 0 Å². The van der Waals surface area contributed by atoms with Crippen molar-refractivity contribution in [3.63, 3.8) is 0 Å². The Morgan fingerprint density at radius 2 is 1.56 bits per heavy atom. The fraction of sp³-hybridized carbons (Fsp3) is 0.310. The Hall–Kier alpha value is -3.07. The molecule has 0 aromatic heterocycles. The number of nitrogens with zero attached hydrogens (tertiary/aromatic N) is 2. The topological polar surface area (TPSA) is 86.8 Å². The van der Waals surface area contributed by atoms with Crippen molar-refractivity contribution in [2.75, 3.05) is 10.8 Å². The van der Waals surface area contributed by atoms with E-state index in [0.717, 1.165) is 21.9 Å². The van der Waals surface area contributed by atoms with E-state index in [1.165, 1.54) is 35.2 Å². The van der Waals surface area contributed by atoms with E-state index in [-0.39, 0.29) is 39.1 Å². The summed E-state index contributed by atoms with van der Waals surface area (Å²) in [5, 5.41) is 3.31. The number of carbonyl (C=O) groups excluding carboxylic acids is 2. The standard InChI is InChI=1S/C29H33Cl2N3O4S/c1-5-21(3)32-29(36)22(4)33(18-23-9-7-6-8-10-23)28(35)19-34(24-13-16-26(30)27(31)17-24)39(37,38)25-14-11-20(2)12-15-25/h6-17,21-22H,5,18-19H2,1-4H3,(H,32,36). The summed E-state index contributed by atoms with van der Waals surface area (Å²) in [5.74, 6) is -0.872. The smallest absolute Gasteiger partial charge is 0.264 e. The summed E-state index contributed by atoms with van der Waals surface area (Å²) >= 11 is 12.3. The predicted molar refractivity (Wildman–Crippen MR) is 157 cm³/mol. The number of carbonyl (C=O) groups is 2. The summed E-state index contributed by atoms with van der Waals surface area (Å²) in [4.78, 5) is 28.4. The molecular formula is C29H33Cl2N3O4S. The van der Waals surface area contributed by atoms with Crippen LogP contribution in [0, 0.1) is 6.92 Å². The van der Waals surface area contributed by atoms with Crippen LogP contribution in [0.25, 0.3) is 0 Å². The van der Waals surface area contributed by atoms with E-state index < -0.39 is 28.5 Å². The van der Waals surface area contributed by atoms with Crippen molar-refractivity contribution in [2.45, 2.75) is 57.6 Å². The molecule has 0 aliphatic carbocycles. The Bertz CT molecular complexity index is 1400. The maximum atomic E-state index is 13.9. The second-order valence-electron chi connectivity index (χ2n) is 9.42. The normalized spacial score (nSPS) is 12.9. The number of nitrogens with one attached hydrogen (secondary N) is 1. The number of sulfonamides is 1. The molecule has 0 aliphatic heterocycles. The first kappa shape index (κ1) is 30.5. The molecule has 0 bridgehead atoms. The minimum atomic E-state index is -4.19. The molecule has 0 fully saturated rings. The molecule has 39 heavy (non-hydrogen) atoms. The van der Waals surface area contributed by atoms with Gasteiger partial charge >= 0.3 is 0 Å². The maximum Gasteiger partial charge on any atom is 0.264 e. The van der Waals surface area contributed by atoms with Gasteiger partial charge in [0.1, 0.15) is 12.6 Å². The van der Waals surface area contributed by atoms with Crippen molar-refractivity contribution in [3.8, 4) is 0 Å². The fourth-order valence-corrected chi connectivity index (χ4v) is 5.53. The lowest BCUT2D eigenvalue weighted by atomic mass is 10.1. The van der Waals surface area contributed by atoms with E-state index in [4.69, 9.17) is 23.2 Å². The van der Waals surface area contributed by atoms with E-state index in [9.17, 15) is 18.0 Å². The molecular weight excluding hydrogens is 557 g/mol. The third-order valence-electron chi connectivity index (χ3n) is 6.44. The Labute approximate surface area is 240 Å². The lowest BCUT2D eigenvalue weighted by molar-refractivity contribution is -0.139. The molecule has 2 atom stereocenters. The number of aryl methyl sites for hydroxylation is 1. The van der Waals surface area contributed by atoms with Gasteiger partial charge in [-0.2, -0.15) is 0 Å². The van der Waals surface area contributed by atoms with Crippen LogP contribution in [0.4, 0.5) is 5.69 Å². The van der Waals surface area contributed by atoms with Gasteiger partial charge in [-0.05, 0) is 63.1 Å². The number of halogens is 2. The molecule has 0 heterocycles. The Kier molecular flexibility index (Phi) is 10.4. The monoisotopic (exact) mass is 589 g/mol. The summed E-state index contributed by atoms with van der Waals surface area (Å²) in [6.45, 7) is 6.89. The molecule has 3 aromatic rings. The van der Waals surface area contributed by atoms with Crippen LogP contribution >= 0.6 is 23.2 Å². The van der Waals surface area contributed by atoms with Gasteiger partial charge in [0.05, 0.1) is 20.6 Å². The Morgan fingerprint density at radius 1 is 0.923 bits per heavy atom. The summed E-state index contributed by atoms with van der Waals surface area (Å²) in [6, 6.07) is 19.0. The molecule has 0 saturated heterocycles. The first-order valence-electron chi connectivity index (χ1n) is 12.6. The van der Waals surface area contributed by atoms with Crippen molar-refractivity contribution >= 4 is 50.7 Å². The van der Waals surface area contributed by atoms with E-state index in [0.29, 0.717) is 0 Å². The van der Waals surface area contributed by atoms with Crippen LogP contribution in [-0.2, 0) is 26.2 Å². The first-order valence-corrected chi connectivity index (χ1v) is 14.8. The van der Waals surface area contributed by atoms with Crippen LogP contribution in [0.1, 0.15) is 38.3 Å². The van der Waals surface area contributed by atoms with Gasteiger partial charge < -0.3 is 10.2 Å². The van der Waals surface area contributed by atoms with E-state index in [1.807, 2.05) is 51.1 Å².